The predicted molar refractivity (Wildman–Crippen MR) is 110 cm³/mol. The molecule has 2 amide bonds. The van der Waals surface area contributed by atoms with Gasteiger partial charge in [-0.15, -0.1) is 11.3 Å². The van der Waals surface area contributed by atoms with Crippen LogP contribution in [0.4, 0.5) is 10.8 Å². The minimum Gasteiger partial charge on any atom is -0.495 e. The topological polar surface area (TPSA) is 109 Å². The highest BCUT2D eigenvalue weighted by atomic mass is 32.2. The predicted octanol–water partition coefficient (Wildman–Crippen LogP) is 1.71. The van der Waals surface area contributed by atoms with Crippen LogP contribution in [0.2, 0.25) is 0 Å². The van der Waals surface area contributed by atoms with Gasteiger partial charge in [-0.05, 0) is 24.6 Å². The summed E-state index contributed by atoms with van der Waals surface area (Å²) in [4.78, 5) is 30.2. The maximum absolute atomic E-state index is 12.5. The van der Waals surface area contributed by atoms with Crippen LogP contribution in [0.1, 0.15) is 18.5 Å². The fraction of sp³-hybridized carbons (Fsp3) is 0.389. The first-order valence-electron chi connectivity index (χ1n) is 8.87. The summed E-state index contributed by atoms with van der Waals surface area (Å²) in [6.07, 6.45) is 1.34. The van der Waals surface area contributed by atoms with Crippen molar-refractivity contribution in [3.63, 3.8) is 0 Å². The molecule has 0 bridgehead atoms. The van der Waals surface area contributed by atoms with E-state index in [4.69, 9.17) is 4.74 Å². The van der Waals surface area contributed by atoms with Crippen molar-refractivity contribution in [1.29, 1.82) is 0 Å². The first-order chi connectivity index (χ1) is 13.7. The van der Waals surface area contributed by atoms with Crippen molar-refractivity contribution in [2.75, 3.05) is 38.0 Å². The number of ether oxygens (including phenoxy) is 1. The Balaban J connectivity index is 1.73. The second-order valence-electron chi connectivity index (χ2n) is 6.65. The molecule has 11 heteroatoms. The smallest absolute Gasteiger partial charge is 0.246 e. The van der Waals surface area contributed by atoms with Crippen molar-refractivity contribution < 1.29 is 22.7 Å². The molecule has 1 aromatic heterocycles. The molecule has 2 aromatic rings. The van der Waals surface area contributed by atoms with Crippen LogP contribution in [0.3, 0.4) is 0 Å². The molecule has 1 aliphatic heterocycles. The maximum atomic E-state index is 12.5. The van der Waals surface area contributed by atoms with Gasteiger partial charge in [0, 0.05) is 38.1 Å². The van der Waals surface area contributed by atoms with E-state index >= 15 is 0 Å². The number of thiazole rings is 1. The van der Waals surface area contributed by atoms with Gasteiger partial charge in [0.15, 0.2) is 5.13 Å². The first-order valence-corrected chi connectivity index (χ1v) is 11.2. The molecule has 1 aliphatic rings. The Kier molecular flexibility index (Phi) is 6.20. The quantitative estimate of drug-likeness (QED) is 0.705. The monoisotopic (exact) mass is 438 g/mol. The molecule has 0 atom stereocenters. The number of nitrogens with one attached hydrogen (secondary N) is 1. The summed E-state index contributed by atoms with van der Waals surface area (Å²) in [5, 5.41) is 5.03. The van der Waals surface area contributed by atoms with E-state index < -0.39 is 10.0 Å². The molecule has 0 aliphatic carbocycles. The number of hydrogen-bond donors (Lipinski definition) is 1. The Morgan fingerprint density at radius 2 is 2.14 bits per heavy atom. The molecule has 0 radical (unpaired) electrons. The highest BCUT2D eigenvalue weighted by Crippen LogP contribution is 2.29. The number of carbonyl (C=O) groups is 2. The minimum atomic E-state index is -3.74. The molecule has 0 saturated carbocycles. The zero-order chi connectivity index (χ0) is 21.2. The lowest BCUT2D eigenvalue weighted by Crippen LogP contribution is -2.23. The number of benzene rings is 1. The number of nitrogens with zero attached hydrogens (tertiary/aromatic N) is 3. The van der Waals surface area contributed by atoms with E-state index in [-0.39, 0.29) is 28.9 Å². The van der Waals surface area contributed by atoms with Crippen molar-refractivity contribution in [3.05, 3.63) is 29.3 Å². The third-order valence-electron chi connectivity index (χ3n) is 4.39. The summed E-state index contributed by atoms with van der Waals surface area (Å²) in [6, 6.07) is 4.42. The van der Waals surface area contributed by atoms with Crippen LogP contribution in [-0.2, 0) is 26.0 Å². The normalized spacial score (nSPS) is 14.5. The van der Waals surface area contributed by atoms with E-state index in [9.17, 15) is 18.0 Å². The molecule has 2 heterocycles. The van der Waals surface area contributed by atoms with Gasteiger partial charge in [0.05, 0.1) is 19.2 Å². The number of rotatable bonds is 7. The zero-order valence-corrected chi connectivity index (χ0v) is 18.0. The molecule has 156 valence electrons. The molecule has 1 N–H and O–H groups in total. The molecular formula is C18H22N4O5S2. The molecular weight excluding hydrogens is 416 g/mol. The Morgan fingerprint density at radius 3 is 2.76 bits per heavy atom. The van der Waals surface area contributed by atoms with Gasteiger partial charge in [0.2, 0.25) is 21.8 Å². The summed E-state index contributed by atoms with van der Waals surface area (Å²) in [5.41, 5.74) is 0.887. The minimum absolute atomic E-state index is 0.0142. The van der Waals surface area contributed by atoms with Gasteiger partial charge in [0.1, 0.15) is 10.6 Å². The van der Waals surface area contributed by atoms with Crippen LogP contribution in [0.25, 0.3) is 0 Å². The van der Waals surface area contributed by atoms with Crippen LogP contribution in [0.5, 0.6) is 5.75 Å². The van der Waals surface area contributed by atoms with Crippen molar-refractivity contribution in [3.8, 4) is 5.75 Å². The number of methoxy groups -OCH3 is 1. The highest BCUT2D eigenvalue weighted by molar-refractivity contribution is 7.89. The Hall–Kier alpha value is -2.50. The molecule has 1 fully saturated rings. The first kappa shape index (κ1) is 21.2. The second-order valence-corrected chi connectivity index (χ2v) is 9.61. The number of amides is 2. The van der Waals surface area contributed by atoms with Crippen molar-refractivity contribution in [2.24, 2.45) is 0 Å². The molecule has 0 spiro atoms. The van der Waals surface area contributed by atoms with Gasteiger partial charge in [-0.25, -0.2) is 17.7 Å². The molecule has 29 heavy (non-hydrogen) atoms. The van der Waals surface area contributed by atoms with Crippen LogP contribution in [0.15, 0.2) is 28.5 Å². The van der Waals surface area contributed by atoms with Crippen LogP contribution < -0.4 is 15.0 Å². The SMILES string of the molecule is COc1ccc(NC(=O)Cc2csc(N3CCCC3=O)n2)cc1S(=O)(=O)N(C)C. The molecule has 9 nitrogen and oxygen atoms in total. The van der Waals surface area contributed by atoms with E-state index in [1.165, 1.54) is 44.7 Å². The van der Waals surface area contributed by atoms with Gasteiger partial charge >= 0.3 is 0 Å². The van der Waals surface area contributed by atoms with Crippen molar-refractivity contribution >= 4 is 44.0 Å². The summed E-state index contributed by atoms with van der Waals surface area (Å²) in [6.45, 7) is 0.646. The lowest BCUT2D eigenvalue weighted by molar-refractivity contribution is -0.117. The fourth-order valence-corrected chi connectivity index (χ4v) is 4.82. The van der Waals surface area contributed by atoms with Gasteiger partial charge in [-0.2, -0.15) is 0 Å². The summed E-state index contributed by atoms with van der Waals surface area (Å²) in [7, 11) is 0.486. The summed E-state index contributed by atoms with van der Waals surface area (Å²) >= 11 is 1.33. The fourth-order valence-electron chi connectivity index (χ4n) is 2.87. The lowest BCUT2D eigenvalue weighted by atomic mass is 10.2. The standard InChI is InChI=1S/C18H22N4O5S2/c1-21(2)29(25,26)15-9-12(6-7-14(15)27-3)19-16(23)10-13-11-28-18(20-13)22-8-4-5-17(22)24/h6-7,9,11H,4-5,8,10H2,1-3H3,(H,19,23). The molecule has 1 saturated heterocycles. The van der Waals surface area contributed by atoms with Gasteiger partial charge < -0.3 is 10.1 Å². The Morgan fingerprint density at radius 1 is 1.38 bits per heavy atom. The number of anilines is 2. The van der Waals surface area contributed by atoms with Crippen LogP contribution in [0, 0.1) is 0 Å². The second kappa shape index (κ2) is 8.47. The maximum Gasteiger partial charge on any atom is 0.246 e. The molecule has 3 rings (SSSR count). The third kappa shape index (κ3) is 4.57. The number of carbonyl (C=O) groups excluding carboxylic acids is 2. The van der Waals surface area contributed by atoms with E-state index in [0.29, 0.717) is 29.5 Å². The Labute approximate surface area is 173 Å². The van der Waals surface area contributed by atoms with Gasteiger partial charge in [-0.3, -0.25) is 14.5 Å². The molecule has 1 aromatic carbocycles. The number of hydrogen-bond acceptors (Lipinski definition) is 7. The average Bonchev–Trinajstić information content (AvgIpc) is 3.30. The van der Waals surface area contributed by atoms with E-state index in [2.05, 4.69) is 10.3 Å². The summed E-state index contributed by atoms with van der Waals surface area (Å²) < 4.78 is 31.2. The largest absolute Gasteiger partial charge is 0.495 e. The lowest BCUT2D eigenvalue weighted by Gasteiger charge is -2.15. The average molecular weight is 439 g/mol. The number of sulfonamides is 1. The molecule has 0 unspecified atom stereocenters. The zero-order valence-electron chi connectivity index (χ0n) is 16.3. The summed E-state index contributed by atoms with van der Waals surface area (Å²) in [5.74, 6) is -0.104. The van der Waals surface area contributed by atoms with E-state index in [1.807, 2.05) is 0 Å². The van der Waals surface area contributed by atoms with Crippen molar-refractivity contribution in [1.82, 2.24) is 9.29 Å². The van der Waals surface area contributed by atoms with E-state index in [1.54, 1.807) is 16.3 Å². The van der Waals surface area contributed by atoms with Crippen LogP contribution >= 0.6 is 11.3 Å². The van der Waals surface area contributed by atoms with Gasteiger partial charge in [-0.1, -0.05) is 0 Å². The Bertz CT molecular complexity index is 1030. The third-order valence-corrected chi connectivity index (χ3v) is 7.14. The van der Waals surface area contributed by atoms with Crippen molar-refractivity contribution in [2.45, 2.75) is 24.2 Å². The highest BCUT2D eigenvalue weighted by Gasteiger charge is 2.25. The number of aromatic nitrogens is 1. The van der Waals surface area contributed by atoms with Crippen LogP contribution in [-0.4, -0.2) is 57.3 Å². The van der Waals surface area contributed by atoms with Gasteiger partial charge in [0.25, 0.3) is 0 Å². The van der Waals surface area contributed by atoms with E-state index in [0.717, 1.165) is 10.7 Å².